The number of amides is 1. The number of aromatic nitrogens is 2. The van der Waals surface area contributed by atoms with Crippen LogP contribution in [0.3, 0.4) is 0 Å². The first-order valence-electron chi connectivity index (χ1n) is 8.16. The van der Waals surface area contributed by atoms with Crippen LogP contribution in [0.5, 0.6) is 5.75 Å². The van der Waals surface area contributed by atoms with Gasteiger partial charge in [0.15, 0.2) is 0 Å². The number of hydrogen-bond acceptors (Lipinski definition) is 4. The second-order valence-corrected chi connectivity index (χ2v) is 6.04. The summed E-state index contributed by atoms with van der Waals surface area (Å²) in [5.74, 6) is 0.822. The van der Waals surface area contributed by atoms with E-state index in [0.717, 1.165) is 36.3 Å². The Bertz CT molecular complexity index is 698. The van der Waals surface area contributed by atoms with Gasteiger partial charge in [-0.25, -0.2) is 0 Å². The number of methoxy groups -OCH3 is 1. The summed E-state index contributed by atoms with van der Waals surface area (Å²) < 4.78 is 12.6. The van der Waals surface area contributed by atoms with E-state index >= 15 is 0 Å². The fourth-order valence-corrected chi connectivity index (χ4v) is 3.13. The Morgan fingerprint density at radius 1 is 1.42 bits per heavy atom. The number of hydrogen-bond donors (Lipinski definition) is 0. The van der Waals surface area contributed by atoms with Crippen molar-refractivity contribution in [3.63, 3.8) is 0 Å². The molecule has 1 aromatic carbocycles. The van der Waals surface area contributed by atoms with Crippen molar-refractivity contribution in [3.05, 3.63) is 47.8 Å². The number of benzene rings is 1. The van der Waals surface area contributed by atoms with E-state index in [2.05, 4.69) is 5.10 Å². The molecular formula is C18H23N3O3. The number of rotatable bonds is 6. The molecule has 1 aromatic heterocycles. The SMILES string of the molecule is COc1cccc(COCC(=O)N2CCC[C@H]2c2cnn(C)c2)c1. The van der Waals surface area contributed by atoms with E-state index in [1.54, 1.807) is 11.8 Å². The van der Waals surface area contributed by atoms with Crippen molar-refractivity contribution in [1.82, 2.24) is 14.7 Å². The molecule has 0 aliphatic carbocycles. The molecule has 1 aliphatic rings. The van der Waals surface area contributed by atoms with Gasteiger partial charge in [0, 0.05) is 25.4 Å². The summed E-state index contributed by atoms with van der Waals surface area (Å²) in [6, 6.07) is 7.79. The van der Waals surface area contributed by atoms with Crippen LogP contribution in [0.15, 0.2) is 36.7 Å². The van der Waals surface area contributed by atoms with Crippen molar-refractivity contribution in [3.8, 4) is 5.75 Å². The summed E-state index contributed by atoms with van der Waals surface area (Å²) in [6.45, 7) is 1.27. The number of carbonyl (C=O) groups is 1. The van der Waals surface area contributed by atoms with E-state index in [-0.39, 0.29) is 18.6 Å². The second kappa shape index (κ2) is 7.49. The van der Waals surface area contributed by atoms with Gasteiger partial charge < -0.3 is 14.4 Å². The molecule has 2 aromatic rings. The molecule has 6 heteroatoms. The fourth-order valence-electron chi connectivity index (χ4n) is 3.13. The summed E-state index contributed by atoms with van der Waals surface area (Å²) in [5, 5.41) is 4.21. The zero-order valence-corrected chi connectivity index (χ0v) is 14.1. The monoisotopic (exact) mass is 329 g/mol. The van der Waals surface area contributed by atoms with Gasteiger partial charge >= 0.3 is 0 Å². The predicted molar refractivity (Wildman–Crippen MR) is 89.5 cm³/mol. The van der Waals surface area contributed by atoms with Gasteiger partial charge in [0.2, 0.25) is 5.91 Å². The molecular weight excluding hydrogens is 306 g/mol. The molecule has 1 aliphatic heterocycles. The highest BCUT2D eigenvalue weighted by atomic mass is 16.5. The Labute approximate surface area is 142 Å². The number of carbonyl (C=O) groups excluding carboxylic acids is 1. The number of ether oxygens (including phenoxy) is 2. The summed E-state index contributed by atoms with van der Waals surface area (Å²) in [4.78, 5) is 14.4. The normalized spacial score (nSPS) is 17.2. The van der Waals surface area contributed by atoms with Gasteiger partial charge in [-0.2, -0.15) is 5.10 Å². The van der Waals surface area contributed by atoms with Crippen LogP contribution in [-0.2, 0) is 23.2 Å². The lowest BCUT2D eigenvalue weighted by molar-refractivity contribution is -0.137. The molecule has 0 saturated carbocycles. The summed E-state index contributed by atoms with van der Waals surface area (Å²) in [5.41, 5.74) is 2.09. The van der Waals surface area contributed by atoms with E-state index < -0.39 is 0 Å². The number of aryl methyl sites for hydroxylation is 1. The van der Waals surface area contributed by atoms with Crippen LogP contribution in [0.2, 0.25) is 0 Å². The van der Waals surface area contributed by atoms with E-state index in [9.17, 15) is 4.79 Å². The van der Waals surface area contributed by atoms with E-state index in [4.69, 9.17) is 9.47 Å². The molecule has 1 amide bonds. The summed E-state index contributed by atoms with van der Waals surface area (Å²) in [7, 11) is 3.53. The quantitative estimate of drug-likeness (QED) is 0.816. The van der Waals surface area contributed by atoms with Crippen LogP contribution in [0.4, 0.5) is 0 Å². The first-order chi connectivity index (χ1) is 11.7. The van der Waals surface area contributed by atoms with Gasteiger partial charge in [-0.05, 0) is 30.5 Å². The van der Waals surface area contributed by atoms with E-state index in [0.29, 0.717) is 6.61 Å². The maximum absolute atomic E-state index is 12.5. The van der Waals surface area contributed by atoms with E-state index in [1.807, 2.05) is 48.6 Å². The van der Waals surface area contributed by atoms with Crippen LogP contribution in [0.1, 0.15) is 30.0 Å². The van der Waals surface area contributed by atoms with Crippen molar-refractivity contribution in [2.24, 2.45) is 7.05 Å². The molecule has 0 N–H and O–H groups in total. The largest absolute Gasteiger partial charge is 0.497 e. The maximum Gasteiger partial charge on any atom is 0.249 e. The third kappa shape index (κ3) is 3.76. The van der Waals surface area contributed by atoms with Gasteiger partial charge in [0.05, 0.1) is 26.0 Å². The van der Waals surface area contributed by atoms with Gasteiger partial charge in [0.1, 0.15) is 12.4 Å². The molecule has 1 fully saturated rings. The third-order valence-corrected chi connectivity index (χ3v) is 4.31. The van der Waals surface area contributed by atoms with Crippen molar-refractivity contribution < 1.29 is 14.3 Å². The Morgan fingerprint density at radius 3 is 3.04 bits per heavy atom. The maximum atomic E-state index is 12.5. The van der Waals surface area contributed by atoms with Gasteiger partial charge in [-0.3, -0.25) is 9.48 Å². The van der Waals surface area contributed by atoms with Crippen LogP contribution in [0.25, 0.3) is 0 Å². The molecule has 0 radical (unpaired) electrons. The minimum absolute atomic E-state index is 0.0317. The lowest BCUT2D eigenvalue weighted by Crippen LogP contribution is -2.33. The van der Waals surface area contributed by atoms with Crippen LogP contribution < -0.4 is 4.74 Å². The van der Waals surface area contributed by atoms with E-state index in [1.165, 1.54) is 0 Å². The Morgan fingerprint density at radius 2 is 2.29 bits per heavy atom. The summed E-state index contributed by atoms with van der Waals surface area (Å²) >= 11 is 0. The lowest BCUT2D eigenvalue weighted by atomic mass is 10.1. The molecule has 1 atom stereocenters. The highest BCUT2D eigenvalue weighted by Gasteiger charge is 2.30. The highest BCUT2D eigenvalue weighted by molar-refractivity contribution is 5.78. The van der Waals surface area contributed by atoms with Crippen molar-refractivity contribution >= 4 is 5.91 Å². The predicted octanol–water partition coefficient (Wildman–Crippen LogP) is 2.31. The van der Waals surface area contributed by atoms with Crippen LogP contribution in [-0.4, -0.2) is 40.8 Å². The molecule has 0 bridgehead atoms. The lowest BCUT2D eigenvalue weighted by Gasteiger charge is -2.23. The standard InChI is InChI=1S/C18H23N3O3/c1-20-11-15(10-19-20)17-7-4-8-21(17)18(22)13-24-12-14-5-3-6-16(9-14)23-2/h3,5-6,9-11,17H,4,7-8,12-13H2,1-2H3/t17-/m0/s1. The van der Waals surface area contributed by atoms with Crippen molar-refractivity contribution in [2.45, 2.75) is 25.5 Å². The highest BCUT2D eigenvalue weighted by Crippen LogP contribution is 2.31. The summed E-state index contributed by atoms with van der Waals surface area (Å²) in [6.07, 6.45) is 5.81. The topological polar surface area (TPSA) is 56.6 Å². The molecule has 0 spiro atoms. The minimum Gasteiger partial charge on any atom is -0.497 e. The molecule has 2 heterocycles. The van der Waals surface area contributed by atoms with Crippen LogP contribution in [0, 0.1) is 0 Å². The van der Waals surface area contributed by atoms with Gasteiger partial charge in [-0.15, -0.1) is 0 Å². The first kappa shape index (κ1) is 16.5. The van der Waals surface area contributed by atoms with Gasteiger partial charge in [0.25, 0.3) is 0 Å². The minimum atomic E-state index is 0.0317. The first-order valence-corrected chi connectivity index (χ1v) is 8.16. The molecule has 24 heavy (non-hydrogen) atoms. The van der Waals surface area contributed by atoms with Gasteiger partial charge in [-0.1, -0.05) is 12.1 Å². The van der Waals surface area contributed by atoms with Crippen molar-refractivity contribution in [1.29, 1.82) is 0 Å². The average Bonchev–Trinajstić information content (AvgIpc) is 3.23. The Balaban J connectivity index is 1.54. The second-order valence-electron chi connectivity index (χ2n) is 6.04. The molecule has 128 valence electrons. The average molecular weight is 329 g/mol. The molecule has 6 nitrogen and oxygen atoms in total. The zero-order valence-electron chi connectivity index (χ0n) is 14.1. The number of nitrogens with zero attached hydrogens (tertiary/aromatic N) is 3. The molecule has 1 saturated heterocycles. The smallest absolute Gasteiger partial charge is 0.249 e. The molecule has 3 rings (SSSR count). The zero-order chi connectivity index (χ0) is 16.9. The molecule has 0 unspecified atom stereocenters. The fraction of sp³-hybridized carbons (Fsp3) is 0.444. The Kier molecular flexibility index (Phi) is 5.15. The van der Waals surface area contributed by atoms with Crippen LogP contribution >= 0.6 is 0 Å². The van der Waals surface area contributed by atoms with Crippen molar-refractivity contribution in [2.75, 3.05) is 20.3 Å². The number of likely N-dealkylation sites (tertiary alicyclic amines) is 1. The third-order valence-electron chi connectivity index (χ3n) is 4.31. The Hall–Kier alpha value is -2.34.